The van der Waals surface area contributed by atoms with Crippen LogP contribution in [0.5, 0.6) is 0 Å². The molecule has 0 aliphatic heterocycles. The maximum atomic E-state index is 13.3. The summed E-state index contributed by atoms with van der Waals surface area (Å²) in [6, 6.07) is 17.5. The summed E-state index contributed by atoms with van der Waals surface area (Å²) >= 11 is 0. The molecule has 0 spiro atoms. The lowest BCUT2D eigenvalue weighted by atomic mass is 9.77. The van der Waals surface area contributed by atoms with Crippen molar-refractivity contribution in [3.8, 4) is 11.1 Å². The first-order chi connectivity index (χ1) is 14.5. The lowest BCUT2D eigenvalue weighted by Crippen LogP contribution is -2.12. The molecule has 1 aliphatic rings. The van der Waals surface area contributed by atoms with Gasteiger partial charge in [-0.3, -0.25) is 0 Å². The maximum Gasteiger partial charge on any atom is 0.159 e. The minimum absolute atomic E-state index is 0.654. The summed E-state index contributed by atoms with van der Waals surface area (Å²) in [4.78, 5) is 0. The molecular formula is C26H26F4. The number of rotatable bonds is 3. The molecule has 0 heterocycles. The van der Waals surface area contributed by atoms with E-state index in [0.29, 0.717) is 5.92 Å². The summed E-state index contributed by atoms with van der Waals surface area (Å²) in [5.74, 6) is -1.63. The largest absolute Gasteiger partial charge is 0.204 e. The molecule has 0 aromatic heterocycles. The smallest absolute Gasteiger partial charge is 0.159 e. The van der Waals surface area contributed by atoms with Crippen LogP contribution in [-0.4, -0.2) is 0 Å². The van der Waals surface area contributed by atoms with E-state index in [1.54, 1.807) is 6.07 Å². The Morgan fingerprint density at radius 2 is 1.17 bits per heavy atom. The third-order valence-corrected chi connectivity index (χ3v) is 5.88. The predicted molar refractivity (Wildman–Crippen MR) is 113 cm³/mol. The first kappa shape index (κ1) is 22.1. The maximum absolute atomic E-state index is 13.3. The van der Waals surface area contributed by atoms with Gasteiger partial charge in [0.25, 0.3) is 0 Å². The van der Waals surface area contributed by atoms with Gasteiger partial charge in [-0.15, -0.1) is 0 Å². The highest BCUT2D eigenvalue weighted by molar-refractivity contribution is 5.63. The molecule has 3 aromatic carbocycles. The minimum atomic E-state index is -0.799. The molecular weight excluding hydrogens is 388 g/mol. The van der Waals surface area contributed by atoms with Gasteiger partial charge in [0.15, 0.2) is 23.3 Å². The van der Waals surface area contributed by atoms with Gasteiger partial charge in [0.2, 0.25) is 0 Å². The molecule has 0 bridgehead atoms. The highest BCUT2D eigenvalue weighted by Gasteiger charge is 2.21. The van der Waals surface area contributed by atoms with Gasteiger partial charge in [0, 0.05) is 0 Å². The molecule has 0 amide bonds. The fraction of sp³-hybridized carbons (Fsp3) is 0.308. The van der Waals surface area contributed by atoms with Crippen LogP contribution < -0.4 is 0 Å². The van der Waals surface area contributed by atoms with Crippen molar-refractivity contribution < 1.29 is 17.6 Å². The molecule has 158 valence electrons. The predicted octanol–water partition coefficient (Wildman–Crippen LogP) is 8.28. The van der Waals surface area contributed by atoms with Crippen LogP contribution in [0.2, 0.25) is 0 Å². The second kappa shape index (κ2) is 10.4. The zero-order chi connectivity index (χ0) is 21.5. The molecule has 4 heteroatoms. The fourth-order valence-corrected chi connectivity index (χ4v) is 3.97. The summed E-state index contributed by atoms with van der Waals surface area (Å²) < 4.78 is 50.2. The van der Waals surface area contributed by atoms with E-state index in [1.165, 1.54) is 61.9 Å². The third kappa shape index (κ3) is 5.71. The zero-order valence-electron chi connectivity index (χ0n) is 17.1. The highest BCUT2D eigenvalue weighted by atomic mass is 19.2. The second-order valence-electron chi connectivity index (χ2n) is 7.79. The van der Waals surface area contributed by atoms with Gasteiger partial charge in [-0.1, -0.05) is 55.8 Å². The zero-order valence-corrected chi connectivity index (χ0v) is 17.1. The van der Waals surface area contributed by atoms with E-state index in [9.17, 15) is 17.6 Å². The van der Waals surface area contributed by atoms with Crippen LogP contribution in [0.25, 0.3) is 11.1 Å². The van der Waals surface area contributed by atoms with E-state index < -0.39 is 23.3 Å². The number of hydrogen-bond acceptors (Lipinski definition) is 0. The molecule has 1 fully saturated rings. The first-order valence-corrected chi connectivity index (χ1v) is 10.4. The van der Waals surface area contributed by atoms with Crippen molar-refractivity contribution in [3.63, 3.8) is 0 Å². The average molecular weight is 414 g/mol. The lowest BCUT2D eigenvalue weighted by Gasteiger charge is -2.28. The Bertz CT molecular complexity index is 921. The van der Waals surface area contributed by atoms with E-state index in [0.717, 1.165) is 29.2 Å². The van der Waals surface area contributed by atoms with Crippen LogP contribution in [-0.2, 0) is 0 Å². The van der Waals surface area contributed by atoms with E-state index >= 15 is 0 Å². The third-order valence-electron chi connectivity index (χ3n) is 5.88. The van der Waals surface area contributed by atoms with Crippen molar-refractivity contribution in [3.05, 3.63) is 95.6 Å². The Morgan fingerprint density at radius 3 is 1.67 bits per heavy atom. The molecule has 0 N–H and O–H groups in total. The van der Waals surface area contributed by atoms with Crippen LogP contribution in [0.3, 0.4) is 0 Å². The first-order valence-electron chi connectivity index (χ1n) is 10.4. The average Bonchev–Trinajstić information content (AvgIpc) is 2.78. The van der Waals surface area contributed by atoms with Crippen molar-refractivity contribution in [1.29, 1.82) is 0 Å². The summed E-state index contributed by atoms with van der Waals surface area (Å²) in [5, 5.41) is 0. The van der Waals surface area contributed by atoms with Crippen molar-refractivity contribution in [2.45, 2.75) is 44.9 Å². The van der Waals surface area contributed by atoms with Crippen LogP contribution >= 0.6 is 0 Å². The van der Waals surface area contributed by atoms with Crippen LogP contribution in [0.1, 0.15) is 50.5 Å². The quantitative estimate of drug-likeness (QED) is 0.378. The van der Waals surface area contributed by atoms with E-state index in [4.69, 9.17) is 0 Å². The molecule has 0 nitrogen and oxygen atoms in total. The minimum Gasteiger partial charge on any atom is -0.204 e. The molecule has 0 unspecified atom stereocenters. The SMILES string of the molecule is CCC1CCC(c2ccc(-c3ccc(F)c(F)c3)cc2)CC1.Fc1ccccc1F. The summed E-state index contributed by atoms with van der Waals surface area (Å²) in [7, 11) is 0. The van der Waals surface area contributed by atoms with E-state index in [1.807, 2.05) is 12.1 Å². The Hall–Kier alpha value is -2.62. The van der Waals surface area contributed by atoms with Crippen molar-refractivity contribution in [1.82, 2.24) is 0 Å². The monoisotopic (exact) mass is 414 g/mol. The Morgan fingerprint density at radius 1 is 0.633 bits per heavy atom. The van der Waals surface area contributed by atoms with E-state index in [-0.39, 0.29) is 0 Å². The van der Waals surface area contributed by atoms with Gasteiger partial charge < -0.3 is 0 Å². The molecule has 1 saturated carbocycles. The number of hydrogen-bond donors (Lipinski definition) is 0. The summed E-state index contributed by atoms with van der Waals surface area (Å²) in [5.41, 5.74) is 3.03. The molecule has 0 saturated heterocycles. The van der Waals surface area contributed by atoms with Crippen LogP contribution in [0, 0.1) is 29.2 Å². The van der Waals surface area contributed by atoms with Gasteiger partial charge in [-0.05, 0) is 78.5 Å². The topological polar surface area (TPSA) is 0 Å². The van der Waals surface area contributed by atoms with Crippen molar-refractivity contribution >= 4 is 0 Å². The Balaban J connectivity index is 0.000000269. The molecule has 4 rings (SSSR count). The number of halogens is 4. The normalized spacial score (nSPS) is 18.4. The molecule has 0 atom stereocenters. The van der Waals surface area contributed by atoms with Crippen LogP contribution in [0.15, 0.2) is 66.7 Å². The second-order valence-corrected chi connectivity index (χ2v) is 7.79. The van der Waals surface area contributed by atoms with Crippen molar-refractivity contribution in [2.24, 2.45) is 5.92 Å². The standard InChI is InChI=1S/C20H22F2.C6H4F2/c1-2-14-3-5-15(6-4-14)16-7-9-17(10-8-16)18-11-12-19(21)20(22)13-18;7-5-3-1-2-4-6(5)8/h7-15H,2-6H2,1H3;1-4H. The van der Waals surface area contributed by atoms with Crippen molar-refractivity contribution in [2.75, 3.05) is 0 Å². The van der Waals surface area contributed by atoms with Gasteiger partial charge in [0.05, 0.1) is 0 Å². The van der Waals surface area contributed by atoms with Gasteiger partial charge in [0.1, 0.15) is 0 Å². The lowest BCUT2D eigenvalue weighted by molar-refractivity contribution is 0.319. The Labute approximate surface area is 175 Å². The summed E-state index contributed by atoms with van der Waals surface area (Å²) in [6.07, 6.45) is 6.48. The Kier molecular flexibility index (Phi) is 7.67. The van der Waals surface area contributed by atoms with Gasteiger partial charge >= 0.3 is 0 Å². The van der Waals surface area contributed by atoms with Gasteiger partial charge in [-0.25, -0.2) is 17.6 Å². The number of benzene rings is 3. The van der Waals surface area contributed by atoms with Crippen LogP contribution in [0.4, 0.5) is 17.6 Å². The molecule has 30 heavy (non-hydrogen) atoms. The van der Waals surface area contributed by atoms with Gasteiger partial charge in [-0.2, -0.15) is 0 Å². The molecule has 0 radical (unpaired) electrons. The summed E-state index contributed by atoms with van der Waals surface area (Å²) in [6.45, 7) is 2.28. The molecule has 3 aromatic rings. The van der Waals surface area contributed by atoms with E-state index in [2.05, 4.69) is 19.1 Å². The molecule has 1 aliphatic carbocycles. The highest BCUT2D eigenvalue weighted by Crippen LogP contribution is 2.37. The fourth-order valence-electron chi connectivity index (χ4n) is 3.97.